The van der Waals surface area contributed by atoms with E-state index in [-0.39, 0.29) is 5.91 Å². The third kappa shape index (κ3) is 3.26. The van der Waals surface area contributed by atoms with Crippen molar-refractivity contribution in [3.63, 3.8) is 0 Å². The summed E-state index contributed by atoms with van der Waals surface area (Å²) in [5.41, 5.74) is 5.03. The molecule has 1 amide bonds. The molecule has 5 heteroatoms. The van der Waals surface area contributed by atoms with Crippen LogP contribution in [0.3, 0.4) is 0 Å². The summed E-state index contributed by atoms with van der Waals surface area (Å²) in [6, 6.07) is 8.16. The van der Waals surface area contributed by atoms with Gasteiger partial charge in [0.15, 0.2) is 0 Å². The molecule has 1 aromatic carbocycles. The minimum Gasteiger partial charge on any atom is -0.352 e. The maximum absolute atomic E-state index is 11.9. The first-order valence-electron chi connectivity index (χ1n) is 7.11. The smallest absolute Gasteiger partial charge is 0.244 e. The minimum absolute atomic E-state index is 0.0804. The number of thiazole rings is 1. The summed E-state index contributed by atoms with van der Waals surface area (Å²) in [7, 11) is 2.01. The number of benzene rings is 1. The molecule has 0 saturated carbocycles. The number of carbonyl (C=O) groups excluding carboxylic acids is 1. The van der Waals surface area contributed by atoms with Gasteiger partial charge in [-0.3, -0.25) is 4.79 Å². The lowest BCUT2D eigenvalue weighted by atomic mass is 10.1. The minimum atomic E-state index is -0.0804. The van der Waals surface area contributed by atoms with Gasteiger partial charge in [0.2, 0.25) is 5.91 Å². The quantitative estimate of drug-likeness (QED) is 0.736. The van der Waals surface area contributed by atoms with Crippen LogP contribution in [0.4, 0.5) is 0 Å². The van der Waals surface area contributed by atoms with E-state index in [2.05, 4.69) is 27.0 Å². The van der Waals surface area contributed by atoms with Gasteiger partial charge in [0, 0.05) is 54.1 Å². The molecule has 0 radical (unpaired) electrons. The average Bonchev–Trinajstić information content (AvgIpc) is 3.14. The number of aryl methyl sites for hydroxylation is 1. The van der Waals surface area contributed by atoms with Crippen molar-refractivity contribution in [3.05, 3.63) is 58.7 Å². The molecule has 0 aliphatic carbocycles. The van der Waals surface area contributed by atoms with Crippen molar-refractivity contribution in [2.75, 3.05) is 6.54 Å². The molecule has 1 N–H and O–H groups in total. The lowest BCUT2D eigenvalue weighted by Gasteiger charge is -1.99. The first-order valence-corrected chi connectivity index (χ1v) is 8.05. The third-order valence-electron chi connectivity index (χ3n) is 3.51. The molecule has 2 aromatic heterocycles. The predicted octanol–water partition coefficient (Wildman–Crippen LogP) is 3.01. The van der Waals surface area contributed by atoms with E-state index in [1.54, 1.807) is 22.9 Å². The lowest BCUT2D eigenvalue weighted by Crippen LogP contribution is -2.23. The highest BCUT2D eigenvalue weighted by Crippen LogP contribution is 2.21. The van der Waals surface area contributed by atoms with Crippen molar-refractivity contribution >= 4 is 34.2 Å². The van der Waals surface area contributed by atoms with E-state index in [0.29, 0.717) is 6.54 Å². The Morgan fingerprint density at radius 2 is 2.27 bits per heavy atom. The Bertz CT molecular complexity index is 803. The molecule has 0 unspecified atom stereocenters. The van der Waals surface area contributed by atoms with E-state index in [0.717, 1.165) is 28.6 Å². The number of para-hydroxylation sites is 1. The Morgan fingerprint density at radius 3 is 3.09 bits per heavy atom. The highest BCUT2D eigenvalue weighted by atomic mass is 32.1. The summed E-state index contributed by atoms with van der Waals surface area (Å²) >= 11 is 1.57. The number of amides is 1. The maximum atomic E-state index is 11.9. The molecule has 0 saturated heterocycles. The zero-order valence-electron chi connectivity index (χ0n) is 12.3. The van der Waals surface area contributed by atoms with Crippen LogP contribution in [0.25, 0.3) is 17.0 Å². The normalized spacial score (nSPS) is 11.3. The Kier molecular flexibility index (Phi) is 4.34. The fourth-order valence-corrected chi connectivity index (χ4v) is 3.00. The molecule has 0 atom stereocenters. The van der Waals surface area contributed by atoms with E-state index in [1.165, 1.54) is 0 Å². The third-order valence-corrected chi connectivity index (χ3v) is 4.14. The highest BCUT2D eigenvalue weighted by Gasteiger charge is 2.03. The number of carbonyl (C=O) groups is 1. The second kappa shape index (κ2) is 6.58. The van der Waals surface area contributed by atoms with Crippen LogP contribution in [0.5, 0.6) is 0 Å². The summed E-state index contributed by atoms with van der Waals surface area (Å²) in [5.74, 6) is -0.0804. The predicted molar refractivity (Wildman–Crippen MR) is 90.8 cm³/mol. The van der Waals surface area contributed by atoms with E-state index in [4.69, 9.17) is 0 Å². The SMILES string of the molecule is Cn1cc(C=CC(=O)NCCc2cscn2)c2ccccc21. The molecular weight excluding hydrogens is 294 g/mol. The standard InChI is InChI=1S/C17H17N3OS/c1-20-10-13(15-4-2-3-5-16(15)20)6-7-17(21)18-9-8-14-11-22-12-19-14/h2-7,10-12H,8-9H2,1H3,(H,18,21). The van der Waals surface area contributed by atoms with Gasteiger partial charge < -0.3 is 9.88 Å². The van der Waals surface area contributed by atoms with Gasteiger partial charge in [0.05, 0.1) is 11.2 Å². The van der Waals surface area contributed by atoms with Crippen LogP contribution in [-0.2, 0) is 18.3 Å². The first-order chi connectivity index (χ1) is 10.7. The summed E-state index contributed by atoms with van der Waals surface area (Å²) in [6.07, 6.45) is 6.24. The van der Waals surface area contributed by atoms with Crippen molar-refractivity contribution < 1.29 is 4.79 Å². The Hall–Kier alpha value is -2.40. The molecule has 112 valence electrons. The molecule has 0 aliphatic rings. The molecule has 0 aliphatic heterocycles. The van der Waals surface area contributed by atoms with Gasteiger partial charge in [-0.2, -0.15) is 0 Å². The zero-order chi connectivity index (χ0) is 15.4. The van der Waals surface area contributed by atoms with Crippen LogP contribution in [0, 0.1) is 0 Å². The van der Waals surface area contributed by atoms with E-state index in [1.807, 2.05) is 36.8 Å². The molecule has 3 aromatic rings. The van der Waals surface area contributed by atoms with Crippen LogP contribution < -0.4 is 5.32 Å². The van der Waals surface area contributed by atoms with E-state index in [9.17, 15) is 4.79 Å². The van der Waals surface area contributed by atoms with Crippen molar-refractivity contribution in [3.8, 4) is 0 Å². The van der Waals surface area contributed by atoms with Crippen molar-refractivity contribution in [2.45, 2.75) is 6.42 Å². The Labute approximate surface area is 133 Å². The van der Waals surface area contributed by atoms with Gasteiger partial charge in [0.1, 0.15) is 0 Å². The second-order valence-electron chi connectivity index (χ2n) is 5.07. The lowest BCUT2D eigenvalue weighted by molar-refractivity contribution is -0.116. The number of aromatic nitrogens is 2. The maximum Gasteiger partial charge on any atom is 0.244 e. The van der Waals surface area contributed by atoms with Crippen LogP contribution in [0.2, 0.25) is 0 Å². The fourth-order valence-electron chi connectivity index (χ4n) is 2.41. The second-order valence-corrected chi connectivity index (χ2v) is 5.79. The number of nitrogens with one attached hydrogen (secondary N) is 1. The summed E-state index contributed by atoms with van der Waals surface area (Å²) in [5, 5.41) is 6.03. The topological polar surface area (TPSA) is 46.9 Å². The van der Waals surface area contributed by atoms with Crippen LogP contribution in [0.15, 0.2) is 47.4 Å². The van der Waals surface area contributed by atoms with E-state index < -0.39 is 0 Å². The van der Waals surface area contributed by atoms with Gasteiger partial charge >= 0.3 is 0 Å². The zero-order valence-corrected chi connectivity index (χ0v) is 13.1. The van der Waals surface area contributed by atoms with Crippen molar-refractivity contribution in [2.24, 2.45) is 7.05 Å². The van der Waals surface area contributed by atoms with Gasteiger partial charge in [-0.05, 0) is 12.1 Å². The van der Waals surface area contributed by atoms with Gasteiger partial charge in [0.25, 0.3) is 0 Å². The number of hydrogen-bond acceptors (Lipinski definition) is 3. The number of nitrogens with zero attached hydrogens (tertiary/aromatic N) is 2. The Morgan fingerprint density at radius 1 is 1.41 bits per heavy atom. The van der Waals surface area contributed by atoms with Gasteiger partial charge in [-0.1, -0.05) is 18.2 Å². The van der Waals surface area contributed by atoms with Gasteiger partial charge in [-0.25, -0.2) is 4.98 Å². The first kappa shape index (κ1) is 14.5. The largest absolute Gasteiger partial charge is 0.352 e. The van der Waals surface area contributed by atoms with E-state index >= 15 is 0 Å². The molecule has 2 heterocycles. The Balaban J connectivity index is 1.61. The van der Waals surface area contributed by atoms with Crippen LogP contribution in [-0.4, -0.2) is 22.0 Å². The summed E-state index contributed by atoms with van der Waals surface area (Å²) in [6.45, 7) is 0.600. The summed E-state index contributed by atoms with van der Waals surface area (Å²) in [4.78, 5) is 16.1. The van der Waals surface area contributed by atoms with Crippen molar-refractivity contribution in [1.29, 1.82) is 0 Å². The van der Waals surface area contributed by atoms with Gasteiger partial charge in [-0.15, -0.1) is 11.3 Å². The van der Waals surface area contributed by atoms with Crippen LogP contribution in [0.1, 0.15) is 11.3 Å². The number of rotatable bonds is 5. The fraction of sp³-hybridized carbons (Fsp3) is 0.176. The van der Waals surface area contributed by atoms with Crippen molar-refractivity contribution in [1.82, 2.24) is 14.9 Å². The van der Waals surface area contributed by atoms with Crippen LogP contribution >= 0.6 is 11.3 Å². The highest BCUT2D eigenvalue weighted by molar-refractivity contribution is 7.07. The molecular formula is C17H17N3OS. The molecule has 0 bridgehead atoms. The monoisotopic (exact) mass is 311 g/mol. The number of fused-ring (bicyclic) bond motifs is 1. The number of hydrogen-bond donors (Lipinski definition) is 1. The molecule has 0 fully saturated rings. The average molecular weight is 311 g/mol. The molecule has 4 nitrogen and oxygen atoms in total. The summed E-state index contributed by atoms with van der Waals surface area (Å²) < 4.78 is 2.06. The molecule has 3 rings (SSSR count). The molecule has 0 spiro atoms. The molecule has 22 heavy (non-hydrogen) atoms.